The molecular weight excluding hydrogens is 370 g/mol. The van der Waals surface area contributed by atoms with E-state index in [0.29, 0.717) is 11.5 Å². The molecule has 4 rings (SSSR count). The average molecular weight is 389 g/mol. The van der Waals surface area contributed by atoms with Gasteiger partial charge in [-0.2, -0.15) is 5.10 Å². The number of fused-ring (bicyclic) bond motifs is 1. The van der Waals surface area contributed by atoms with E-state index in [4.69, 9.17) is 9.15 Å². The molecule has 0 radical (unpaired) electrons. The van der Waals surface area contributed by atoms with E-state index in [9.17, 15) is 9.59 Å². The Balaban J connectivity index is 1.32. The van der Waals surface area contributed by atoms with Crippen molar-refractivity contribution in [3.63, 3.8) is 0 Å². The number of nitrogens with one attached hydrogen (secondary N) is 2. The van der Waals surface area contributed by atoms with Crippen LogP contribution in [0.1, 0.15) is 29.2 Å². The van der Waals surface area contributed by atoms with E-state index in [1.54, 1.807) is 13.0 Å². The fraction of sp³-hybridized carbons (Fsp3) is 0.136. The predicted octanol–water partition coefficient (Wildman–Crippen LogP) is 3.86. The zero-order chi connectivity index (χ0) is 20.2. The van der Waals surface area contributed by atoms with Gasteiger partial charge < -0.3 is 14.5 Å². The Morgan fingerprint density at radius 1 is 1.10 bits per heavy atom. The second kappa shape index (κ2) is 8.02. The highest BCUT2D eigenvalue weighted by Crippen LogP contribution is 2.23. The first-order valence-corrected chi connectivity index (χ1v) is 9.16. The van der Waals surface area contributed by atoms with Gasteiger partial charge in [-0.3, -0.25) is 9.89 Å². The van der Waals surface area contributed by atoms with Gasteiger partial charge in [-0.1, -0.05) is 48.5 Å². The van der Waals surface area contributed by atoms with Crippen LogP contribution >= 0.6 is 0 Å². The van der Waals surface area contributed by atoms with E-state index in [1.807, 2.05) is 60.7 Å². The van der Waals surface area contributed by atoms with E-state index in [-0.39, 0.29) is 11.7 Å². The summed E-state index contributed by atoms with van der Waals surface area (Å²) in [4.78, 5) is 24.3. The number of amides is 1. The molecule has 0 bridgehead atoms. The zero-order valence-corrected chi connectivity index (χ0v) is 15.7. The molecule has 146 valence electrons. The number of carbonyl (C=O) groups is 2. The van der Waals surface area contributed by atoms with Crippen molar-refractivity contribution in [1.82, 2.24) is 15.5 Å². The average Bonchev–Trinajstić information content (AvgIpc) is 3.40. The smallest absolute Gasteiger partial charge is 0.356 e. The van der Waals surface area contributed by atoms with Gasteiger partial charge in [0.1, 0.15) is 17.0 Å². The van der Waals surface area contributed by atoms with E-state index in [0.717, 1.165) is 16.5 Å². The largest absolute Gasteiger partial charge is 0.459 e. The number of rotatable bonds is 6. The summed E-state index contributed by atoms with van der Waals surface area (Å²) in [5.74, 6) is -0.438. The van der Waals surface area contributed by atoms with Gasteiger partial charge in [0.25, 0.3) is 5.91 Å². The van der Waals surface area contributed by atoms with Gasteiger partial charge in [0.2, 0.25) is 0 Å². The Morgan fingerprint density at radius 2 is 1.86 bits per heavy atom. The summed E-state index contributed by atoms with van der Waals surface area (Å²) < 4.78 is 10.8. The van der Waals surface area contributed by atoms with Gasteiger partial charge in [-0.25, -0.2) is 4.79 Å². The molecule has 2 heterocycles. The normalized spacial score (nSPS) is 11.9. The number of hydrogen-bond acceptors (Lipinski definition) is 5. The number of esters is 1. The molecule has 0 aliphatic carbocycles. The second-order valence-corrected chi connectivity index (χ2v) is 6.58. The quantitative estimate of drug-likeness (QED) is 0.488. The summed E-state index contributed by atoms with van der Waals surface area (Å²) in [5, 5.41) is 10.5. The summed E-state index contributed by atoms with van der Waals surface area (Å²) >= 11 is 0. The first-order valence-electron chi connectivity index (χ1n) is 9.16. The number of furan rings is 1. The number of aromatic nitrogens is 2. The van der Waals surface area contributed by atoms with Crippen molar-refractivity contribution in [1.29, 1.82) is 0 Å². The minimum absolute atomic E-state index is 0.182. The molecule has 7 nitrogen and oxygen atoms in total. The second-order valence-electron chi connectivity index (χ2n) is 6.58. The molecule has 0 saturated carbocycles. The van der Waals surface area contributed by atoms with Crippen molar-refractivity contribution in [3.05, 3.63) is 78.2 Å². The summed E-state index contributed by atoms with van der Waals surface area (Å²) in [6.45, 7) is 1.40. The maximum absolute atomic E-state index is 12.2. The summed E-state index contributed by atoms with van der Waals surface area (Å²) in [5.41, 5.74) is 2.44. The van der Waals surface area contributed by atoms with E-state index in [2.05, 4.69) is 15.5 Å². The molecule has 0 aliphatic heterocycles. The van der Waals surface area contributed by atoms with Crippen LogP contribution in [0.15, 0.2) is 71.1 Å². The van der Waals surface area contributed by atoms with E-state index < -0.39 is 18.5 Å². The molecule has 0 saturated heterocycles. The van der Waals surface area contributed by atoms with Gasteiger partial charge in [0.05, 0.1) is 11.7 Å². The van der Waals surface area contributed by atoms with Gasteiger partial charge in [0, 0.05) is 10.9 Å². The summed E-state index contributed by atoms with van der Waals surface area (Å²) in [7, 11) is 0. The Morgan fingerprint density at radius 3 is 2.66 bits per heavy atom. The summed E-state index contributed by atoms with van der Waals surface area (Å²) in [6.07, 6.45) is 0. The van der Waals surface area contributed by atoms with Crippen LogP contribution in [0, 0.1) is 0 Å². The van der Waals surface area contributed by atoms with Crippen molar-refractivity contribution in [2.75, 3.05) is 6.61 Å². The highest BCUT2D eigenvalue weighted by atomic mass is 16.5. The molecule has 0 aliphatic rings. The van der Waals surface area contributed by atoms with Crippen LogP contribution in [0.4, 0.5) is 0 Å². The summed E-state index contributed by atoms with van der Waals surface area (Å²) in [6, 6.07) is 20.2. The lowest BCUT2D eigenvalue weighted by molar-refractivity contribution is -0.125. The van der Waals surface area contributed by atoms with Crippen molar-refractivity contribution >= 4 is 22.8 Å². The topological polar surface area (TPSA) is 97.2 Å². The molecule has 1 atom stereocenters. The van der Waals surface area contributed by atoms with E-state index in [1.165, 1.54) is 0 Å². The number of aromatic amines is 1. The van der Waals surface area contributed by atoms with Crippen LogP contribution in [0.3, 0.4) is 0 Å². The van der Waals surface area contributed by atoms with Gasteiger partial charge in [0.15, 0.2) is 6.61 Å². The first-order chi connectivity index (χ1) is 14.1. The molecule has 29 heavy (non-hydrogen) atoms. The molecule has 0 fully saturated rings. The monoisotopic (exact) mass is 389 g/mol. The molecule has 0 unspecified atom stereocenters. The highest BCUT2D eigenvalue weighted by molar-refractivity contribution is 5.90. The fourth-order valence-corrected chi connectivity index (χ4v) is 2.96. The lowest BCUT2D eigenvalue weighted by Crippen LogP contribution is -2.31. The van der Waals surface area contributed by atoms with Crippen LogP contribution in [-0.2, 0) is 9.53 Å². The van der Waals surface area contributed by atoms with Crippen molar-refractivity contribution in [2.45, 2.75) is 13.0 Å². The van der Waals surface area contributed by atoms with Crippen molar-refractivity contribution in [2.24, 2.45) is 0 Å². The number of benzene rings is 2. The van der Waals surface area contributed by atoms with Gasteiger partial charge >= 0.3 is 5.97 Å². The fourth-order valence-electron chi connectivity index (χ4n) is 2.96. The van der Waals surface area contributed by atoms with Crippen LogP contribution in [0.25, 0.3) is 22.2 Å². The lowest BCUT2D eigenvalue weighted by Gasteiger charge is -2.11. The molecular formula is C22H19N3O4. The predicted molar refractivity (Wildman–Crippen MR) is 107 cm³/mol. The van der Waals surface area contributed by atoms with Crippen LogP contribution in [0.2, 0.25) is 0 Å². The number of H-pyrrole nitrogens is 1. The van der Waals surface area contributed by atoms with Crippen LogP contribution in [-0.4, -0.2) is 28.7 Å². The molecule has 1 amide bonds. The van der Waals surface area contributed by atoms with Crippen molar-refractivity contribution < 1.29 is 18.7 Å². The molecule has 2 aromatic carbocycles. The molecule has 0 spiro atoms. The van der Waals surface area contributed by atoms with Crippen LogP contribution in [0.5, 0.6) is 0 Å². The number of ether oxygens (including phenoxy) is 1. The number of nitrogens with zero attached hydrogens (tertiary/aromatic N) is 1. The third-order valence-electron chi connectivity index (χ3n) is 4.45. The van der Waals surface area contributed by atoms with Gasteiger partial charge in [-0.15, -0.1) is 0 Å². The maximum Gasteiger partial charge on any atom is 0.356 e. The number of carbonyl (C=O) groups excluding carboxylic acids is 2. The SMILES string of the molecule is C[C@H](NC(=O)COC(=O)c1cc(-c2ccccc2)n[nH]1)c1cc2ccccc2o1. The number of hydrogen-bond donors (Lipinski definition) is 2. The third kappa shape index (κ3) is 4.19. The third-order valence-corrected chi connectivity index (χ3v) is 4.45. The molecule has 4 aromatic rings. The molecule has 7 heteroatoms. The van der Waals surface area contributed by atoms with Crippen molar-refractivity contribution in [3.8, 4) is 11.3 Å². The Kier molecular flexibility index (Phi) is 5.11. The first kappa shape index (κ1) is 18.5. The van der Waals surface area contributed by atoms with E-state index >= 15 is 0 Å². The highest BCUT2D eigenvalue weighted by Gasteiger charge is 2.17. The minimum atomic E-state index is -0.647. The lowest BCUT2D eigenvalue weighted by atomic mass is 10.1. The Labute approximate surface area is 166 Å². The number of para-hydroxylation sites is 1. The Bertz CT molecular complexity index is 1110. The van der Waals surface area contributed by atoms with Crippen LogP contribution < -0.4 is 5.32 Å². The Hall–Kier alpha value is -3.87. The zero-order valence-electron chi connectivity index (χ0n) is 15.7. The maximum atomic E-state index is 12.2. The molecule has 2 aromatic heterocycles. The molecule has 2 N–H and O–H groups in total. The van der Waals surface area contributed by atoms with Gasteiger partial charge in [-0.05, 0) is 25.1 Å². The minimum Gasteiger partial charge on any atom is -0.459 e. The standard InChI is InChI=1S/C22H19N3O4/c1-14(20-11-16-9-5-6-10-19(16)29-20)23-21(26)13-28-22(27)18-12-17(24-25-18)15-7-3-2-4-8-15/h2-12,14H,13H2,1H3,(H,23,26)(H,24,25)/t14-/m0/s1.